The molecular formula is C13H18BrNO3. The van der Waals surface area contributed by atoms with Crippen molar-refractivity contribution in [1.82, 2.24) is 0 Å². The summed E-state index contributed by atoms with van der Waals surface area (Å²) in [6, 6.07) is 5.51. The van der Waals surface area contributed by atoms with E-state index in [0.29, 0.717) is 12.2 Å². The summed E-state index contributed by atoms with van der Waals surface area (Å²) in [5.74, 6) is -0.323. The van der Waals surface area contributed by atoms with Crippen molar-refractivity contribution in [2.45, 2.75) is 6.42 Å². The van der Waals surface area contributed by atoms with Crippen LogP contribution in [0, 0.1) is 0 Å². The van der Waals surface area contributed by atoms with Crippen molar-refractivity contribution in [3.8, 4) is 0 Å². The van der Waals surface area contributed by atoms with Gasteiger partial charge in [-0.05, 0) is 24.6 Å². The Kier molecular flexibility index (Phi) is 6.15. The number of hydrogen-bond donors (Lipinski definition) is 0. The average Bonchev–Trinajstić information content (AvgIpc) is 2.38. The Hall–Kier alpha value is -1.07. The summed E-state index contributed by atoms with van der Waals surface area (Å²) in [4.78, 5) is 13.7. The van der Waals surface area contributed by atoms with Crippen LogP contribution in [-0.4, -0.2) is 40.4 Å². The van der Waals surface area contributed by atoms with Crippen LogP contribution in [0.15, 0.2) is 22.7 Å². The largest absolute Gasteiger partial charge is 0.465 e. The SMILES string of the molecule is COCCCN(C)c1cc(Br)ccc1C(=O)OC. The van der Waals surface area contributed by atoms with Crippen LogP contribution in [0.25, 0.3) is 0 Å². The minimum absolute atomic E-state index is 0.323. The number of halogens is 1. The van der Waals surface area contributed by atoms with Crippen molar-refractivity contribution < 1.29 is 14.3 Å². The maximum absolute atomic E-state index is 11.7. The molecule has 0 N–H and O–H groups in total. The molecule has 5 heteroatoms. The van der Waals surface area contributed by atoms with Gasteiger partial charge >= 0.3 is 5.97 Å². The highest BCUT2D eigenvalue weighted by Crippen LogP contribution is 2.25. The van der Waals surface area contributed by atoms with Crippen molar-refractivity contribution in [3.63, 3.8) is 0 Å². The number of ether oxygens (including phenoxy) is 2. The average molecular weight is 316 g/mol. The molecule has 0 heterocycles. The van der Waals surface area contributed by atoms with E-state index >= 15 is 0 Å². The molecule has 0 radical (unpaired) electrons. The molecule has 1 aromatic rings. The molecular weight excluding hydrogens is 298 g/mol. The zero-order valence-electron chi connectivity index (χ0n) is 10.9. The van der Waals surface area contributed by atoms with Crippen LogP contribution in [0.5, 0.6) is 0 Å². The molecule has 0 aliphatic carbocycles. The molecule has 100 valence electrons. The Bertz CT molecular complexity index is 409. The number of benzene rings is 1. The summed E-state index contributed by atoms with van der Waals surface area (Å²) < 4.78 is 10.7. The van der Waals surface area contributed by atoms with Crippen molar-refractivity contribution in [1.29, 1.82) is 0 Å². The van der Waals surface area contributed by atoms with Gasteiger partial charge in [0.25, 0.3) is 0 Å². The zero-order valence-corrected chi connectivity index (χ0v) is 12.5. The van der Waals surface area contributed by atoms with Crippen molar-refractivity contribution in [2.24, 2.45) is 0 Å². The van der Waals surface area contributed by atoms with E-state index in [9.17, 15) is 4.79 Å². The van der Waals surface area contributed by atoms with E-state index < -0.39 is 0 Å². The lowest BCUT2D eigenvalue weighted by molar-refractivity contribution is 0.0601. The highest BCUT2D eigenvalue weighted by molar-refractivity contribution is 9.10. The van der Waals surface area contributed by atoms with Crippen molar-refractivity contribution in [2.75, 3.05) is 39.3 Å². The predicted octanol–water partition coefficient (Wildman–Crippen LogP) is 2.71. The first-order valence-electron chi connectivity index (χ1n) is 5.68. The molecule has 0 aliphatic heterocycles. The Morgan fingerprint density at radius 2 is 2.11 bits per heavy atom. The molecule has 0 saturated carbocycles. The summed E-state index contributed by atoms with van der Waals surface area (Å²) in [5, 5.41) is 0. The van der Waals surface area contributed by atoms with Gasteiger partial charge in [0.2, 0.25) is 0 Å². The molecule has 0 aromatic heterocycles. The predicted molar refractivity (Wildman–Crippen MR) is 75.2 cm³/mol. The van der Waals surface area contributed by atoms with Gasteiger partial charge in [0.1, 0.15) is 0 Å². The second-order valence-electron chi connectivity index (χ2n) is 3.92. The third-order valence-electron chi connectivity index (χ3n) is 2.62. The monoisotopic (exact) mass is 315 g/mol. The van der Waals surface area contributed by atoms with Crippen molar-refractivity contribution >= 4 is 27.6 Å². The Balaban J connectivity index is 2.90. The molecule has 1 aromatic carbocycles. The van der Waals surface area contributed by atoms with E-state index in [2.05, 4.69) is 15.9 Å². The second-order valence-corrected chi connectivity index (χ2v) is 4.84. The van der Waals surface area contributed by atoms with Gasteiger partial charge in [0, 0.05) is 31.8 Å². The first-order chi connectivity index (χ1) is 8.60. The lowest BCUT2D eigenvalue weighted by Gasteiger charge is -2.21. The quantitative estimate of drug-likeness (QED) is 0.597. The third kappa shape index (κ3) is 3.99. The highest BCUT2D eigenvalue weighted by Gasteiger charge is 2.15. The molecule has 18 heavy (non-hydrogen) atoms. The lowest BCUT2D eigenvalue weighted by Crippen LogP contribution is -2.22. The Labute approximate surface area is 116 Å². The van der Waals surface area contributed by atoms with Gasteiger partial charge < -0.3 is 14.4 Å². The summed E-state index contributed by atoms with van der Waals surface area (Å²) in [7, 11) is 5.02. The van der Waals surface area contributed by atoms with E-state index in [1.807, 2.05) is 24.1 Å². The number of rotatable bonds is 6. The third-order valence-corrected chi connectivity index (χ3v) is 3.11. The summed E-state index contributed by atoms with van der Waals surface area (Å²) in [6.07, 6.45) is 0.903. The van der Waals surface area contributed by atoms with Gasteiger partial charge in [0.05, 0.1) is 18.4 Å². The molecule has 4 nitrogen and oxygen atoms in total. The maximum Gasteiger partial charge on any atom is 0.339 e. The molecule has 0 bridgehead atoms. The summed E-state index contributed by atoms with van der Waals surface area (Å²) >= 11 is 3.41. The number of carbonyl (C=O) groups excluding carboxylic acids is 1. The van der Waals surface area contributed by atoms with Crippen LogP contribution >= 0.6 is 15.9 Å². The van der Waals surface area contributed by atoms with Crippen LogP contribution in [0.4, 0.5) is 5.69 Å². The second kappa shape index (κ2) is 7.38. The molecule has 0 spiro atoms. The maximum atomic E-state index is 11.7. The minimum atomic E-state index is -0.323. The number of hydrogen-bond acceptors (Lipinski definition) is 4. The molecule has 0 amide bonds. The minimum Gasteiger partial charge on any atom is -0.465 e. The Morgan fingerprint density at radius 3 is 2.72 bits per heavy atom. The smallest absolute Gasteiger partial charge is 0.339 e. The fourth-order valence-electron chi connectivity index (χ4n) is 1.67. The van der Waals surface area contributed by atoms with Crippen LogP contribution in [-0.2, 0) is 9.47 Å². The molecule has 1 rings (SSSR count). The molecule has 0 atom stereocenters. The van der Waals surface area contributed by atoms with Gasteiger partial charge in [-0.25, -0.2) is 4.79 Å². The summed E-state index contributed by atoms with van der Waals surface area (Å²) in [6.45, 7) is 1.51. The number of carbonyl (C=O) groups is 1. The van der Waals surface area contributed by atoms with E-state index in [1.54, 1.807) is 13.2 Å². The van der Waals surface area contributed by atoms with Crippen LogP contribution in [0.3, 0.4) is 0 Å². The van der Waals surface area contributed by atoms with Gasteiger partial charge in [-0.3, -0.25) is 0 Å². The number of nitrogens with zero attached hydrogens (tertiary/aromatic N) is 1. The molecule has 0 fully saturated rings. The van der Waals surface area contributed by atoms with Crippen LogP contribution in [0.2, 0.25) is 0 Å². The number of methoxy groups -OCH3 is 2. The van der Waals surface area contributed by atoms with Crippen LogP contribution in [0.1, 0.15) is 16.8 Å². The van der Waals surface area contributed by atoms with E-state index in [4.69, 9.17) is 9.47 Å². The van der Waals surface area contributed by atoms with Gasteiger partial charge in [0.15, 0.2) is 0 Å². The molecule has 0 saturated heterocycles. The molecule has 0 unspecified atom stereocenters. The summed E-state index contributed by atoms with van der Waals surface area (Å²) in [5.41, 5.74) is 1.42. The van der Waals surface area contributed by atoms with Gasteiger partial charge in [-0.15, -0.1) is 0 Å². The van der Waals surface area contributed by atoms with E-state index in [0.717, 1.165) is 23.1 Å². The topological polar surface area (TPSA) is 38.8 Å². The van der Waals surface area contributed by atoms with E-state index in [1.165, 1.54) is 7.11 Å². The lowest BCUT2D eigenvalue weighted by atomic mass is 10.1. The van der Waals surface area contributed by atoms with Gasteiger partial charge in [-0.1, -0.05) is 15.9 Å². The number of esters is 1. The Morgan fingerprint density at radius 1 is 1.39 bits per heavy atom. The fraction of sp³-hybridized carbons (Fsp3) is 0.462. The fourth-order valence-corrected chi connectivity index (χ4v) is 2.02. The number of anilines is 1. The first-order valence-corrected chi connectivity index (χ1v) is 6.47. The molecule has 0 aliphatic rings. The van der Waals surface area contributed by atoms with Crippen LogP contribution < -0.4 is 4.90 Å². The first kappa shape index (κ1) is 15.0. The standard InChI is InChI=1S/C13H18BrNO3/c1-15(7-4-8-17-2)12-9-10(14)5-6-11(12)13(16)18-3/h5-6,9H,4,7-8H2,1-3H3. The zero-order chi connectivity index (χ0) is 13.5. The van der Waals surface area contributed by atoms with E-state index in [-0.39, 0.29) is 5.97 Å². The highest BCUT2D eigenvalue weighted by atomic mass is 79.9. The normalized spacial score (nSPS) is 10.2. The van der Waals surface area contributed by atoms with Crippen molar-refractivity contribution in [3.05, 3.63) is 28.2 Å². The van der Waals surface area contributed by atoms with Gasteiger partial charge in [-0.2, -0.15) is 0 Å².